The van der Waals surface area contributed by atoms with Gasteiger partial charge in [0.1, 0.15) is 9.84 Å². The second kappa shape index (κ2) is 7.91. The standard InChI is InChI=1S/C10H20N2O5S/c1-3-8(9(13)14)7-12-10(15)11-5-4-6-18(2,16)17/h8H,3-7H2,1-2H3,(H,13,14)(H2,11,12,15). The van der Waals surface area contributed by atoms with Gasteiger partial charge in [-0.1, -0.05) is 6.92 Å². The van der Waals surface area contributed by atoms with E-state index in [1.807, 2.05) is 0 Å². The average molecular weight is 280 g/mol. The van der Waals surface area contributed by atoms with Crippen LogP contribution < -0.4 is 10.6 Å². The molecule has 18 heavy (non-hydrogen) atoms. The van der Waals surface area contributed by atoms with Crippen LogP contribution in [0, 0.1) is 5.92 Å². The van der Waals surface area contributed by atoms with Crippen LogP contribution in [-0.4, -0.2) is 50.6 Å². The number of hydrogen-bond donors (Lipinski definition) is 3. The molecular formula is C10H20N2O5S. The molecule has 0 aromatic carbocycles. The normalized spacial score (nSPS) is 12.8. The van der Waals surface area contributed by atoms with Crippen molar-refractivity contribution in [1.82, 2.24) is 10.6 Å². The number of nitrogens with one attached hydrogen (secondary N) is 2. The van der Waals surface area contributed by atoms with E-state index in [1.54, 1.807) is 6.92 Å². The first kappa shape index (κ1) is 16.7. The van der Waals surface area contributed by atoms with E-state index in [0.29, 0.717) is 12.8 Å². The Morgan fingerprint density at radius 3 is 2.33 bits per heavy atom. The van der Waals surface area contributed by atoms with Crippen LogP contribution in [0.15, 0.2) is 0 Å². The number of amides is 2. The third-order valence-corrected chi connectivity index (χ3v) is 3.36. The molecule has 0 radical (unpaired) electrons. The first-order chi connectivity index (χ1) is 8.26. The maximum atomic E-state index is 11.2. The van der Waals surface area contributed by atoms with Gasteiger partial charge in [0, 0.05) is 19.3 Å². The van der Waals surface area contributed by atoms with Gasteiger partial charge >= 0.3 is 12.0 Å². The van der Waals surface area contributed by atoms with E-state index in [9.17, 15) is 18.0 Å². The maximum Gasteiger partial charge on any atom is 0.314 e. The van der Waals surface area contributed by atoms with Crippen LogP contribution in [0.4, 0.5) is 4.79 Å². The molecule has 0 aliphatic heterocycles. The minimum atomic E-state index is -3.01. The van der Waals surface area contributed by atoms with Gasteiger partial charge in [-0.25, -0.2) is 13.2 Å². The Labute approximate surface area is 107 Å². The molecule has 0 aromatic heterocycles. The number of urea groups is 1. The minimum absolute atomic E-state index is 0.0139. The smallest absolute Gasteiger partial charge is 0.314 e. The number of carboxylic acid groups (broad SMARTS) is 1. The number of aliphatic carboxylic acids is 1. The maximum absolute atomic E-state index is 11.2. The van der Waals surface area contributed by atoms with Gasteiger partial charge in [-0.2, -0.15) is 0 Å². The Hall–Kier alpha value is -1.31. The van der Waals surface area contributed by atoms with Gasteiger partial charge < -0.3 is 15.7 Å². The van der Waals surface area contributed by atoms with Crippen LogP contribution >= 0.6 is 0 Å². The average Bonchev–Trinajstić information content (AvgIpc) is 2.23. The Morgan fingerprint density at radius 2 is 1.89 bits per heavy atom. The van der Waals surface area contributed by atoms with Crippen LogP contribution in [0.2, 0.25) is 0 Å². The van der Waals surface area contributed by atoms with Gasteiger partial charge in [0.25, 0.3) is 0 Å². The first-order valence-corrected chi connectivity index (χ1v) is 7.74. The monoisotopic (exact) mass is 280 g/mol. The summed E-state index contributed by atoms with van der Waals surface area (Å²) in [6.45, 7) is 2.02. The Bertz CT molecular complexity index is 380. The molecule has 0 aliphatic carbocycles. The van der Waals surface area contributed by atoms with E-state index < -0.39 is 27.8 Å². The molecule has 0 heterocycles. The SMILES string of the molecule is CCC(CNC(=O)NCCCS(C)(=O)=O)C(=O)O. The van der Waals surface area contributed by atoms with Gasteiger partial charge in [0.05, 0.1) is 11.7 Å². The molecule has 7 nitrogen and oxygen atoms in total. The van der Waals surface area contributed by atoms with Crippen LogP contribution in [0.25, 0.3) is 0 Å². The predicted molar refractivity (Wildman–Crippen MR) is 67.1 cm³/mol. The summed E-state index contributed by atoms with van der Waals surface area (Å²) in [6, 6.07) is -0.483. The minimum Gasteiger partial charge on any atom is -0.481 e. The third kappa shape index (κ3) is 8.80. The van der Waals surface area contributed by atoms with Crippen molar-refractivity contribution < 1.29 is 23.1 Å². The van der Waals surface area contributed by atoms with Gasteiger partial charge in [-0.3, -0.25) is 4.79 Å². The molecule has 0 saturated heterocycles. The van der Waals surface area contributed by atoms with Crippen LogP contribution in [-0.2, 0) is 14.6 Å². The molecule has 0 spiro atoms. The fourth-order valence-electron chi connectivity index (χ4n) is 1.22. The number of hydrogen-bond acceptors (Lipinski definition) is 4. The van der Waals surface area contributed by atoms with Crippen LogP contribution in [0.3, 0.4) is 0 Å². The van der Waals surface area contributed by atoms with Crippen molar-refractivity contribution in [3.8, 4) is 0 Å². The number of carboxylic acids is 1. The lowest BCUT2D eigenvalue weighted by Crippen LogP contribution is -2.40. The van der Waals surface area contributed by atoms with E-state index in [0.717, 1.165) is 6.26 Å². The number of rotatable bonds is 8. The molecule has 8 heteroatoms. The first-order valence-electron chi connectivity index (χ1n) is 5.68. The summed E-state index contributed by atoms with van der Waals surface area (Å²) in [6.07, 6.45) is 1.90. The molecular weight excluding hydrogens is 260 g/mol. The molecule has 0 aromatic rings. The molecule has 0 aliphatic rings. The summed E-state index contributed by atoms with van der Waals surface area (Å²) in [5, 5.41) is 13.6. The van der Waals surface area contributed by atoms with Gasteiger partial charge in [0.15, 0.2) is 0 Å². The van der Waals surface area contributed by atoms with E-state index >= 15 is 0 Å². The Balaban J connectivity index is 3.75. The quantitative estimate of drug-likeness (QED) is 0.534. The highest BCUT2D eigenvalue weighted by Crippen LogP contribution is 1.99. The molecule has 106 valence electrons. The van der Waals surface area contributed by atoms with Crippen molar-refractivity contribution in [2.45, 2.75) is 19.8 Å². The number of sulfone groups is 1. The second-order valence-corrected chi connectivity index (χ2v) is 6.32. The summed E-state index contributed by atoms with van der Waals surface area (Å²) >= 11 is 0. The largest absolute Gasteiger partial charge is 0.481 e. The third-order valence-electron chi connectivity index (χ3n) is 2.33. The topological polar surface area (TPSA) is 113 Å². The zero-order valence-corrected chi connectivity index (χ0v) is 11.4. The lowest BCUT2D eigenvalue weighted by molar-refractivity contribution is -0.141. The van der Waals surface area contributed by atoms with Crippen molar-refractivity contribution in [2.75, 3.05) is 25.1 Å². The highest BCUT2D eigenvalue weighted by Gasteiger charge is 2.15. The molecule has 0 saturated carbocycles. The fourth-order valence-corrected chi connectivity index (χ4v) is 1.89. The van der Waals surface area contributed by atoms with Crippen molar-refractivity contribution in [3.63, 3.8) is 0 Å². The van der Waals surface area contributed by atoms with E-state index in [2.05, 4.69) is 10.6 Å². The van der Waals surface area contributed by atoms with Crippen molar-refractivity contribution in [1.29, 1.82) is 0 Å². The van der Waals surface area contributed by atoms with Crippen LogP contribution in [0.1, 0.15) is 19.8 Å². The van der Waals surface area contributed by atoms with E-state index in [-0.39, 0.29) is 18.8 Å². The van der Waals surface area contributed by atoms with Crippen molar-refractivity contribution >= 4 is 21.8 Å². The zero-order chi connectivity index (χ0) is 14.2. The highest BCUT2D eigenvalue weighted by molar-refractivity contribution is 7.90. The summed E-state index contributed by atoms with van der Waals surface area (Å²) in [5.41, 5.74) is 0. The summed E-state index contributed by atoms with van der Waals surface area (Å²) < 4.78 is 21.6. The molecule has 1 unspecified atom stereocenters. The Morgan fingerprint density at radius 1 is 1.28 bits per heavy atom. The molecule has 0 fully saturated rings. The molecule has 0 rings (SSSR count). The van der Waals surface area contributed by atoms with E-state index in [4.69, 9.17) is 5.11 Å². The molecule has 1 atom stereocenters. The van der Waals surface area contributed by atoms with Gasteiger partial charge in [0.2, 0.25) is 0 Å². The van der Waals surface area contributed by atoms with Gasteiger partial charge in [-0.15, -0.1) is 0 Å². The lowest BCUT2D eigenvalue weighted by Gasteiger charge is -2.11. The highest BCUT2D eigenvalue weighted by atomic mass is 32.2. The number of carbonyl (C=O) groups is 2. The van der Waals surface area contributed by atoms with Gasteiger partial charge in [-0.05, 0) is 12.8 Å². The number of carbonyl (C=O) groups excluding carboxylic acids is 1. The van der Waals surface area contributed by atoms with E-state index in [1.165, 1.54) is 0 Å². The molecule has 2 amide bonds. The zero-order valence-electron chi connectivity index (χ0n) is 10.6. The van der Waals surface area contributed by atoms with Crippen molar-refractivity contribution in [2.24, 2.45) is 5.92 Å². The Kier molecular flexibility index (Phi) is 7.33. The second-order valence-electron chi connectivity index (χ2n) is 4.06. The predicted octanol–water partition coefficient (Wildman–Crippen LogP) is -0.169. The summed E-state index contributed by atoms with van der Waals surface area (Å²) in [4.78, 5) is 21.9. The summed E-state index contributed by atoms with van der Waals surface area (Å²) in [5.74, 6) is -1.54. The fraction of sp³-hybridized carbons (Fsp3) is 0.800. The van der Waals surface area contributed by atoms with Crippen LogP contribution in [0.5, 0.6) is 0 Å². The molecule has 3 N–H and O–H groups in total. The lowest BCUT2D eigenvalue weighted by atomic mass is 10.1. The van der Waals surface area contributed by atoms with Crippen molar-refractivity contribution in [3.05, 3.63) is 0 Å². The molecule has 0 bridgehead atoms. The summed E-state index contributed by atoms with van der Waals surface area (Å²) in [7, 11) is -3.01.